The Labute approximate surface area is 272 Å². The van der Waals surface area contributed by atoms with E-state index in [0.717, 1.165) is 16.6 Å². The van der Waals surface area contributed by atoms with Gasteiger partial charge in [-0.2, -0.15) is 0 Å². The lowest BCUT2D eigenvalue weighted by molar-refractivity contribution is -0.138. The summed E-state index contributed by atoms with van der Waals surface area (Å²) in [6.07, 6.45) is 1.51. The summed E-state index contributed by atoms with van der Waals surface area (Å²) in [6.45, 7) is 7.40. The van der Waals surface area contributed by atoms with Gasteiger partial charge >= 0.3 is 0 Å². The number of H-pyrrole nitrogens is 1. The second kappa shape index (κ2) is 14.2. The molecule has 1 aliphatic carbocycles. The number of halogens is 3. The second-order valence-corrected chi connectivity index (χ2v) is 12.9. The van der Waals surface area contributed by atoms with Crippen molar-refractivity contribution < 1.29 is 23.6 Å². The largest absolute Gasteiger partial charge is 0.368 e. The molecule has 45 heavy (non-hydrogen) atoms. The molecule has 12 heteroatoms. The van der Waals surface area contributed by atoms with Crippen molar-refractivity contribution >= 4 is 57.7 Å². The van der Waals surface area contributed by atoms with Crippen LogP contribution in [0.4, 0.5) is 4.39 Å². The highest BCUT2D eigenvalue weighted by Crippen LogP contribution is 2.38. The smallest absolute Gasteiger partial charge is 0.246 e. The third kappa shape index (κ3) is 7.44. The molecule has 242 valence electrons. The van der Waals surface area contributed by atoms with Gasteiger partial charge < -0.3 is 26.7 Å². The van der Waals surface area contributed by atoms with Crippen molar-refractivity contribution in [2.24, 2.45) is 17.6 Å². The molecule has 2 unspecified atom stereocenters. The highest BCUT2D eigenvalue weighted by molar-refractivity contribution is 6.38. The highest BCUT2D eigenvalue weighted by Gasteiger charge is 2.46. The summed E-state index contributed by atoms with van der Waals surface area (Å²) in [4.78, 5) is 57.1. The predicted octanol–water partition coefficient (Wildman–Crippen LogP) is 4.75. The summed E-state index contributed by atoms with van der Waals surface area (Å²) >= 11 is 12.8. The van der Waals surface area contributed by atoms with Crippen LogP contribution in [0.15, 0.2) is 36.4 Å². The lowest BCUT2D eigenvalue weighted by Gasteiger charge is -2.39. The molecule has 1 aliphatic rings. The van der Waals surface area contributed by atoms with Crippen molar-refractivity contribution in [2.75, 3.05) is 0 Å². The van der Waals surface area contributed by atoms with Crippen LogP contribution in [0.3, 0.4) is 0 Å². The Kier molecular flexibility index (Phi) is 10.8. The van der Waals surface area contributed by atoms with E-state index in [1.54, 1.807) is 18.2 Å². The summed E-state index contributed by atoms with van der Waals surface area (Å²) in [5.41, 5.74) is 6.68. The topological polar surface area (TPSA) is 146 Å². The average molecular weight is 661 g/mol. The highest BCUT2D eigenvalue weighted by atomic mass is 35.5. The zero-order valence-corrected chi connectivity index (χ0v) is 27.4. The summed E-state index contributed by atoms with van der Waals surface area (Å²) in [5, 5.41) is 10.1. The van der Waals surface area contributed by atoms with Crippen molar-refractivity contribution in [3.8, 4) is 0 Å². The molecule has 6 N–H and O–H groups in total. The number of nitrogens with two attached hydrogens (primary N) is 1. The summed E-state index contributed by atoms with van der Waals surface area (Å²) in [6, 6.07) is 7.34. The van der Waals surface area contributed by atoms with Crippen LogP contribution in [0.25, 0.3) is 10.9 Å². The third-order valence-electron chi connectivity index (χ3n) is 9.02. The molecule has 4 amide bonds. The second-order valence-electron chi connectivity index (χ2n) is 12.1. The van der Waals surface area contributed by atoms with Gasteiger partial charge in [0.2, 0.25) is 23.6 Å². The molecular weight excluding hydrogens is 620 g/mol. The summed E-state index contributed by atoms with van der Waals surface area (Å²) in [7, 11) is 0. The number of fused-ring (bicyclic) bond motifs is 3. The van der Waals surface area contributed by atoms with Crippen molar-refractivity contribution in [3.05, 3.63) is 69.1 Å². The van der Waals surface area contributed by atoms with E-state index in [1.165, 1.54) is 18.2 Å². The monoisotopic (exact) mass is 659 g/mol. The van der Waals surface area contributed by atoms with E-state index < -0.39 is 47.1 Å². The molecule has 4 rings (SSSR count). The fourth-order valence-corrected chi connectivity index (χ4v) is 6.43. The van der Waals surface area contributed by atoms with E-state index in [4.69, 9.17) is 28.9 Å². The number of aromatic nitrogens is 1. The third-order valence-corrected chi connectivity index (χ3v) is 9.54. The molecule has 0 radical (unpaired) electrons. The lowest BCUT2D eigenvalue weighted by atomic mass is 9.78. The Bertz CT molecular complexity index is 1610. The van der Waals surface area contributed by atoms with E-state index in [-0.39, 0.29) is 36.7 Å². The van der Waals surface area contributed by atoms with Crippen molar-refractivity contribution in [3.63, 3.8) is 0 Å². The average Bonchev–Trinajstić information content (AvgIpc) is 3.36. The fourth-order valence-electron chi connectivity index (χ4n) is 5.89. The molecule has 0 saturated heterocycles. The molecule has 1 heterocycles. The van der Waals surface area contributed by atoms with Crippen molar-refractivity contribution in [2.45, 2.75) is 83.8 Å². The van der Waals surface area contributed by atoms with E-state index in [2.05, 4.69) is 20.9 Å². The fraction of sp³-hybridized carbons (Fsp3) is 0.455. The predicted molar refractivity (Wildman–Crippen MR) is 173 cm³/mol. The van der Waals surface area contributed by atoms with Gasteiger partial charge in [0, 0.05) is 22.5 Å². The zero-order valence-electron chi connectivity index (χ0n) is 25.9. The van der Waals surface area contributed by atoms with Crippen LogP contribution in [0.2, 0.25) is 10.0 Å². The number of hydrogen-bond donors (Lipinski definition) is 5. The number of hydrogen-bond acceptors (Lipinski definition) is 4. The standard InChI is InChI=1S/C33H40Cl2FN5O4/c1-5-17(3)27(30(37)43)40-32(45)33(12-11-25-22(16-33)21-14-20(34)15-23(35)29(21)38-25)41-31(44)28(18(4)6-2)39-26(42)13-19-9-7-8-10-24(19)36/h7-10,14-15,17-18,27-28,38H,5-6,11-13,16H2,1-4H3,(H2,37,43)(H,39,42)(H,40,45)(H,41,44)/t17?,18?,27-,28-,33+/m0/s1. The number of carbonyl (C=O) groups is 4. The van der Waals surface area contributed by atoms with Crippen molar-refractivity contribution in [1.29, 1.82) is 0 Å². The molecule has 0 fully saturated rings. The molecule has 3 aromatic rings. The minimum absolute atomic E-state index is 0.0684. The molecule has 0 bridgehead atoms. The zero-order chi connectivity index (χ0) is 33.1. The molecule has 0 saturated carbocycles. The lowest BCUT2D eigenvalue weighted by Crippen LogP contribution is -2.67. The number of rotatable bonds is 12. The molecule has 9 nitrogen and oxygen atoms in total. The van der Waals surface area contributed by atoms with Gasteiger partial charge in [-0.05, 0) is 54.0 Å². The molecule has 0 aliphatic heterocycles. The maximum atomic E-state index is 14.3. The first kappa shape index (κ1) is 34.2. The number of aryl methyl sites for hydroxylation is 1. The van der Waals surface area contributed by atoms with Gasteiger partial charge in [0.25, 0.3) is 0 Å². The Morgan fingerprint density at radius 2 is 1.69 bits per heavy atom. The van der Waals surface area contributed by atoms with E-state index in [9.17, 15) is 23.6 Å². The first-order chi connectivity index (χ1) is 21.3. The number of amides is 4. The first-order valence-electron chi connectivity index (χ1n) is 15.2. The number of carbonyl (C=O) groups excluding carboxylic acids is 4. The van der Waals surface area contributed by atoms with Gasteiger partial charge in [-0.3, -0.25) is 19.2 Å². The molecule has 1 aromatic heterocycles. The molecular formula is C33H40Cl2FN5O4. The van der Waals surface area contributed by atoms with Crippen LogP contribution < -0.4 is 21.7 Å². The normalized spacial score (nSPS) is 18.7. The van der Waals surface area contributed by atoms with Gasteiger partial charge in [0.1, 0.15) is 23.4 Å². The van der Waals surface area contributed by atoms with Gasteiger partial charge in [0.05, 0.1) is 17.0 Å². The van der Waals surface area contributed by atoms with Crippen LogP contribution in [0.1, 0.15) is 63.8 Å². The van der Waals surface area contributed by atoms with Crippen LogP contribution in [0.5, 0.6) is 0 Å². The number of nitrogens with one attached hydrogen (secondary N) is 4. The van der Waals surface area contributed by atoms with E-state index >= 15 is 0 Å². The SMILES string of the molecule is CCC(C)[C@H](NC(=O)[C@@]1(NC(=O)[C@@H](NC(=O)Cc2ccccc2F)C(C)CC)CCc2[nH]c3c(Cl)cc(Cl)cc3c2C1)C(N)=O. The number of aromatic amines is 1. The summed E-state index contributed by atoms with van der Waals surface area (Å²) < 4.78 is 14.3. The Balaban J connectivity index is 1.70. The maximum absolute atomic E-state index is 14.3. The van der Waals surface area contributed by atoms with E-state index in [0.29, 0.717) is 34.8 Å². The Morgan fingerprint density at radius 1 is 1.02 bits per heavy atom. The summed E-state index contributed by atoms with van der Waals surface area (Å²) in [5.74, 6) is -3.44. The number of benzene rings is 2. The first-order valence-corrected chi connectivity index (χ1v) is 16.0. The molecule has 0 spiro atoms. The Morgan fingerprint density at radius 3 is 2.33 bits per heavy atom. The van der Waals surface area contributed by atoms with Gasteiger partial charge in [0.15, 0.2) is 0 Å². The minimum atomic E-state index is -1.50. The van der Waals surface area contributed by atoms with E-state index in [1.807, 2.05) is 27.7 Å². The van der Waals surface area contributed by atoms with Crippen LogP contribution in [-0.2, 0) is 38.4 Å². The van der Waals surface area contributed by atoms with Gasteiger partial charge in [-0.25, -0.2) is 4.39 Å². The molecule has 2 aromatic carbocycles. The van der Waals surface area contributed by atoms with Crippen LogP contribution in [0, 0.1) is 17.7 Å². The minimum Gasteiger partial charge on any atom is -0.368 e. The number of primary amides is 1. The van der Waals surface area contributed by atoms with Gasteiger partial charge in [-0.15, -0.1) is 0 Å². The van der Waals surface area contributed by atoms with Gasteiger partial charge in [-0.1, -0.05) is 81.9 Å². The molecule has 5 atom stereocenters. The van der Waals surface area contributed by atoms with Crippen LogP contribution in [-0.4, -0.2) is 46.2 Å². The Hall–Kier alpha value is -3.63. The quantitative estimate of drug-likeness (QED) is 0.191. The van der Waals surface area contributed by atoms with Crippen LogP contribution >= 0.6 is 23.2 Å². The maximum Gasteiger partial charge on any atom is 0.246 e. The van der Waals surface area contributed by atoms with Crippen molar-refractivity contribution in [1.82, 2.24) is 20.9 Å².